The van der Waals surface area contributed by atoms with Gasteiger partial charge in [0.05, 0.1) is 13.4 Å². The highest BCUT2D eigenvalue weighted by Gasteiger charge is 2.25. The van der Waals surface area contributed by atoms with Crippen molar-refractivity contribution >= 4 is 15.9 Å². The molecule has 0 aromatic heterocycles. The van der Waals surface area contributed by atoms with Gasteiger partial charge >= 0.3 is 0 Å². The van der Waals surface area contributed by atoms with Crippen LogP contribution in [0.2, 0.25) is 0 Å². The van der Waals surface area contributed by atoms with Crippen molar-refractivity contribution in [1.29, 1.82) is 0 Å². The van der Waals surface area contributed by atoms with E-state index in [1.165, 1.54) is 10.6 Å². The van der Waals surface area contributed by atoms with Gasteiger partial charge in [-0.2, -0.15) is 0 Å². The molecule has 1 aliphatic rings. The third-order valence-electron chi connectivity index (χ3n) is 4.06. The highest BCUT2D eigenvalue weighted by molar-refractivity contribution is 7.88. The van der Waals surface area contributed by atoms with Gasteiger partial charge in [-0.15, -0.1) is 0 Å². The zero-order valence-corrected chi connectivity index (χ0v) is 14.4. The molecule has 1 aromatic carbocycles. The number of hydrogen-bond acceptors (Lipinski definition) is 4. The molecule has 0 radical (unpaired) electrons. The van der Waals surface area contributed by atoms with Crippen LogP contribution in [0.3, 0.4) is 0 Å². The van der Waals surface area contributed by atoms with E-state index in [1.807, 2.05) is 24.3 Å². The Balaban J connectivity index is 1.75. The van der Waals surface area contributed by atoms with E-state index in [-0.39, 0.29) is 11.9 Å². The maximum atomic E-state index is 12.0. The van der Waals surface area contributed by atoms with Gasteiger partial charge in [-0.05, 0) is 37.0 Å². The number of sulfonamides is 1. The van der Waals surface area contributed by atoms with Crippen LogP contribution in [0, 0.1) is 0 Å². The van der Waals surface area contributed by atoms with Crippen LogP contribution in [0.25, 0.3) is 0 Å². The van der Waals surface area contributed by atoms with E-state index >= 15 is 0 Å². The summed E-state index contributed by atoms with van der Waals surface area (Å²) in [6.07, 6.45) is 3.63. The van der Waals surface area contributed by atoms with Gasteiger partial charge in [-0.25, -0.2) is 12.7 Å². The lowest BCUT2D eigenvalue weighted by Gasteiger charge is -2.30. The van der Waals surface area contributed by atoms with E-state index in [0.717, 1.165) is 11.3 Å². The second-order valence-corrected chi connectivity index (χ2v) is 7.84. The molecule has 0 saturated carbocycles. The van der Waals surface area contributed by atoms with Gasteiger partial charge in [-0.1, -0.05) is 12.1 Å². The molecule has 1 aromatic rings. The molecule has 2 rings (SSSR count). The first-order valence-electron chi connectivity index (χ1n) is 7.76. The number of nitrogens with zero attached hydrogens (tertiary/aromatic N) is 1. The average molecular weight is 340 g/mol. The lowest BCUT2D eigenvalue weighted by molar-refractivity contribution is -0.122. The normalized spacial score (nSPS) is 17.0. The van der Waals surface area contributed by atoms with Crippen molar-refractivity contribution in [2.75, 3.05) is 26.5 Å². The van der Waals surface area contributed by atoms with Crippen molar-refractivity contribution in [2.45, 2.75) is 31.7 Å². The number of nitrogens with one attached hydrogen (secondary N) is 1. The molecule has 1 aliphatic heterocycles. The quantitative estimate of drug-likeness (QED) is 0.843. The second kappa shape index (κ2) is 7.79. The van der Waals surface area contributed by atoms with Crippen LogP contribution in [0.15, 0.2) is 24.3 Å². The van der Waals surface area contributed by atoms with Crippen LogP contribution < -0.4 is 10.1 Å². The van der Waals surface area contributed by atoms with Gasteiger partial charge in [-0.3, -0.25) is 4.79 Å². The SMILES string of the molecule is COc1cccc(CCC(=O)NC2CCN(S(C)(=O)=O)CC2)c1. The monoisotopic (exact) mass is 340 g/mol. The molecular formula is C16H24N2O4S. The van der Waals surface area contributed by atoms with Gasteiger partial charge < -0.3 is 10.1 Å². The number of hydrogen-bond donors (Lipinski definition) is 1. The van der Waals surface area contributed by atoms with Crippen molar-refractivity contribution < 1.29 is 17.9 Å². The minimum atomic E-state index is -3.12. The number of amides is 1. The molecule has 7 heteroatoms. The van der Waals surface area contributed by atoms with Gasteiger partial charge in [0.15, 0.2) is 0 Å². The van der Waals surface area contributed by atoms with Gasteiger partial charge in [0.25, 0.3) is 0 Å². The summed E-state index contributed by atoms with van der Waals surface area (Å²) in [7, 11) is -1.50. The maximum Gasteiger partial charge on any atom is 0.220 e. The fraction of sp³-hybridized carbons (Fsp3) is 0.562. The molecule has 1 N–H and O–H groups in total. The predicted molar refractivity (Wildman–Crippen MR) is 88.9 cm³/mol. The summed E-state index contributed by atoms with van der Waals surface area (Å²) in [6, 6.07) is 7.75. The summed E-state index contributed by atoms with van der Waals surface area (Å²) in [5.41, 5.74) is 1.06. The first-order valence-corrected chi connectivity index (χ1v) is 9.61. The van der Waals surface area contributed by atoms with Gasteiger partial charge in [0.1, 0.15) is 5.75 Å². The third-order valence-corrected chi connectivity index (χ3v) is 5.37. The smallest absolute Gasteiger partial charge is 0.220 e. The molecule has 0 aliphatic carbocycles. The summed E-state index contributed by atoms with van der Waals surface area (Å²) in [6.45, 7) is 0.944. The zero-order valence-electron chi connectivity index (χ0n) is 13.6. The highest BCUT2D eigenvalue weighted by Crippen LogP contribution is 2.15. The summed E-state index contributed by atoms with van der Waals surface area (Å²) < 4.78 is 29.5. The van der Waals surface area contributed by atoms with Crippen molar-refractivity contribution in [2.24, 2.45) is 0 Å². The number of methoxy groups -OCH3 is 1. The number of carbonyl (C=O) groups excluding carboxylic acids is 1. The second-order valence-electron chi connectivity index (χ2n) is 5.86. The molecule has 23 heavy (non-hydrogen) atoms. The highest BCUT2D eigenvalue weighted by atomic mass is 32.2. The first-order chi connectivity index (χ1) is 10.9. The fourth-order valence-electron chi connectivity index (χ4n) is 2.72. The number of benzene rings is 1. The summed E-state index contributed by atoms with van der Waals surface area (Å²) >= 11 is 0. The lowest BCUT2D eigenvalue weighted by atomic mass is 10.1. The van der Waals surface area contributed by atoms with Crippen LogP contribution in [-0.2, 0) is 21.2 Å². The maximum absolute atomic E-state index is 12.0. The van der Waals surface area contributed by atoms with Crippen molar-refractivity contribution in [3.63, 3.8) is 0 Å². The van der Waals surface area contributed by atoms with E-state index in [1.54, 1.807) is 7.11 Å². The minimum absolute atomic E-state index is 0.00521. The molecule has 1 saturated heterocycles. The summed E-state index contributed by atoms with van der Waals surface area (Å²) in [4.78, 5) is 12.0. The van der Waals surface area contributed by atoms with Crippen molar-refractivity contribution in [3.8, 4) is 5.75 Å². The van der Waals surface area contributed by atoms with Crippen molar-refractivity contribution in [1.82, 2.24) is 9.62 Å². The Morgan fingerprint density at radius 1 is 1.35 bits per heavy atom. The average Bonchev–Trinajstić information content (AvgIpc) is 2.53. The molecule has 6 nitrogen and oxygen atoms in total. The molecule has 0 spiro atoms. The molecular weight excluding hydrogens is 316 g/mol. The van der Waals surface area contributed by atoms with Crippen LogP contribution in [0.1, 0.15) is 24.8 Å². The number of piperidine rings is 1. The number of rotatable bonds is 6. The van der Waals surface area contributed by atoms with Crippen LogP contribution >= 0.6 is 0 Å². The topological polar surface area (TPSA) is 75.7 Å². The van der Waals surface area contributed by atoms with E-state index in [0.29, 0.717) is 38.8 Å². The molecule has 1 amide bonds. The Morgan fingerprint density at radius 3 is 2.65 bits per heavy atom. The van der Waals surface area contributed by atoms with Crippen LogP contribution in [0.4, 0.5) is 0 Å². The van der Waals surface area contributed by atoms with Crippen molar-refractivity contribution in [3.05, 3.63) is 29.8 Å². The zero-order chi connectivity index (χ0) is 16.9. The van der Waals surface area contributed by atoms with Crippen LogP contribution in [-0.4, -0.2) is 51.1 Å². The van der Waals surface area contributed by atoms with E-state index in [2.05, 4.69) is 5.32 Å². The van der Waals surface area contributed by atoms with Gasteiger partial charge in [0.2, 0.25) is 15.9 Å². The Labute approximate surface area is 137 Å². The first kappa shape index (κ1) is 17.7. The number of aryl methyl sites for hydroxylation is 1. The molecule has 1 heterocycles. The Morgan fingerprint density at radius 2 is 2.04 bits per heavy atom. The molecule has 1 fully saturated rings. The molecule has 0 unspecified atom stereocenters. The number of carbonyl (C=O) groups is 1. The Hall–Kier alpha value is -1.60. The molecule has 128 valence electrons. The largest absolute Gasteiger partial charge is 0.497 e. The summed E-state index contributed by atoms with van der Waals surface area (Å²) in [5, 5.41) is 3.00. The van der Waals surface area contributed by atoms with Crippen LogP contribution in [0.5, 0.6) is 5.75 Å². The number of ether oxygens (including phenoxy) is 1. The Bertz CT molecular complexity index is 637. The predicted octanol–water partition coefficient (Wildman–Crippen LogP) is 1.17. The van der Waals surface area contributed by atoms with E-state index < -0.39 is 10.0 Å². The minimum Gasteiger partial charge on any atom is -0.497 e. The fourth-order valence-corrected chi connectivity index (χ4v) is 3.59. The molecule has 0 atom stereocenters. The van der Waals surface area contributed by atoms with Gasteiger partial charge in [0, 0.05) is 25.6 Å². The van der Waals surface area contributed by atoms with E-state index in [9.17, 15) is 13.2 Å². The standard InChI is InChI=1S/C16H24N2O4S/c1-22-15-5-3-4-13(12-15)6-7-16(19)17-14-8-10-18(11-9-14)23(2,20)21/h3-5,12,14H,6-11H2,1-2H3,(H,17,19). The Kier molecular flexibility index (Phi) is 6.01. The lowest BCUT2D eigenvalue weighted by Crippen LogP contribution is -2.46. The molecule has 0 bridgehead atoms. The third kappa shape index (κ3) is 5.51. The van der Waals surface area contributed by atoms with E-state index in [4.69, 9.17) is 4.74 Å². The summed E-state index contributed by atoms with van der Waals surface area (Å²) in [5.74, 6) is 0.793.